The molecule has 0 N–H and O–H groups in total. The second-order valence-electron chi connectivity index (χ2n) is 23.0. The summed E-state index contributed by atoms with van der Waals surface area (Å²) in [6.07, 6.45) is 8.94. The zero-order valence-corrected chi connectivity index (χ0v) is 51.7. The summed E-state index contributed by atoms with van der Waals surface area (Å²) in [6.45, 7) is 13.2. The molecule has 0 unspecified atom stereocenters. The molecule has 5 saturated heterocycles. The number of rotatable bonds is 13. The fraction of sp³-hybridized carbons (Fsp3) is 0.400. The summed E-state index contributed by atoms with van der Waals surface area (Å²) in [5.74, 6) is 0.314. The molecule has 6 fully saturated rings. The second kappa shape index (κ2) is 32.7. The van der Waals surface area contributed by atoms with E-state index in [-0.39, 0.29) is 80.5 Å². The second-order valence-corrected chi connectivity index (χ2v) is 23.0. The van der Waals surface area contributed by atoms with Gasteiger partial charge in [-0.1, -0.05) is 195 Å². The molecule has 5 aliphatic heterocycles. The van der Waals surface area contributed by atoms with Crippen molar-refractivity contribution in [1.82, 2.24) is 24.5 Å². The van der Waals surface area contributed by atoms with Crippen LogP contribution >= 0.6 is 0 Å². The van der Waals surface area contributed by atoms with Crippen LogP contribution in [-0.2, 0) is 46.5 Å². The molecule has 7 atom stereocenters. The van der Waals surface area contributed by atoms with Crippen LogP contribution in [-0.4, -0.2) is 147 Å². The Morgan fingerprint density at radius 1 is 0.506 bits per heavy atom. The standard InChI is InChI=1S/C34H39N3O3.C20H19NO4.C15H21N.CN.B.Na/c1-40-34(39)30-20-29(36-19-11-18-28-22-35(24-31(28)36)21-25-12-5-2-6-13-25)23-37(30)33(38)32(26-14-7-3-8-15-26)27-16-9-4-10-17-27;1-25-20(24)17-12-16(22)13-21(17)19(23)18(14-8-4-2-5-9-14)15-10-6-3-7-11-15;1-2-6-13(7-3-1)10-16-11-14-8-4-5-9-15(14)12-16;1-2;;/h2-10,12-17,28-32H,11,18-24H2,1H3;2-11,17-18H,12-13H2,1H3;1-3,6-7,14-15H,4-5,8-12H2;;;/q;;;-1;;+1/t28-,29+,30+,31+;17-;14-,15+;;;/m10..../s1. The number of carbonyl (C=O) groups excluding carboxylic acids is 5. The predicted molar refractivity (Wildman–Crippen MR) is 325 cm³/mol. The van der Waals surface area contributed by atoms with Crippen LogP contribution in [0, 0.1) is 29.6 Å². The third-order valence-corrected chi connectivity index (χ3v) is 17.9. The molecule has 6 aromatic carbocycles. The summed E-state index contributed by atoms with van der Waals surface area (Å²) < 4.78 is 10.0. The summed E-state index contributed by atoms with van der Waals surface area (Å²) in [6, 6.07) is 59.4. The number of benzene rings is 6. The van der Waals surface area contributed by atoms with E-state index in [0.29, 0.717) is 24.9 Å². The van der Waals surface area contributed by atoms with Gasteiger partial charge in [-0.25, -0.2) is 9.59 Å². The summed E-state index contributed by atoms with van der Waals surface area (Å²) in [5.41, 5.74) is 6.35. The van der Waals surface area contributed by atoms with E-state index in [1.54, 1.807) is 0 Å². The molecule has 6 aromatic rings. The number of amides is 2. The largest absolute Gasteiger partial charge is 1.00 e. The van der Waals surface area contributed by atoms with Gasteiger partial charge < -0.3 is 31.1 Å². The summed E-state index contributed by atoms with van der Waals surface area (Å²) in [5, 5.41) is 6.25. The summed E-state index contributed by atoms with van der Waals surface area (Å²) in [7, 11) is 2.69. The molecule has 12 rings (SSSR count). The fourth-order valence-electron chi connectivity index (χ4n) is 14.0. The van der Waals surface area contributed by atoms with Crippen molar-refractivity contribution in [3.63, 3.8) is 0 Å². The molecule has 1 saturated carbocycles. The Morgan fingerprint density at radius 2 is 0.882 bits per heavy atom. The van der Waals surface area contributed by atoms with Gasteiger partial charge in [0.15, 0.2) is 5.78 Å². The first kappa shape index (κ1) is 65.8. The maximum absolute atomic E-state index is 14.4. The van der Waals surface area contributed by atoms with E-state index >= 15 is 0 Å². The number of hydrogen-bond acceptors (Lipinski definition) is 11. The van der Waals surface area contributed by atoms with Crippen LogP contribution in [0.25, 0.3) is 0 Å². The molecule has 6 aliphatic rings. The molecule has 85 heavy (non-hydrogen) atoms. The van der Waals surface area contributed by atoms with Gasteiger partial charge in [0, 0.05) is 72.7 Å². The molecule has 2 amide bonds. The van der Waals surface area contributed by atoms with Gasteiger partial charge in [-0.3, -0.25) is 29.1 Å². The molecule has 3 radical (unpaired) electrons. The molecular weight excluding hydrogens is 1070 g/mol. The van der Waals surface area contributed by atoms with Gasteiger partial charge in [-0.15, -0.1) is 0 Å². The van der Waals surface area contributed by atoms with Crippen molar-refractivity contribution in [2.75, 3.05) is 60.0 Å². The molecule has 0 aromatic heterocycles. The number of ketones is 1. The Morgan fingerprint density at radius 3 is 1.32 bits per heavy atom. The molecule has 13 nitrogen and oxygen atoms in total. The molecule has 435 valence electrons. The topological polar surface area (TPSA) is 144 Å². The summed E-state index contributed by atoms with van der Waals surface area (Å²) >= 11 is 0. The number of esters is 2. The first-order valence-electron chi connectivity index (χ1n) is 29.6. The van der Waals surface area contributed by atoms with Crippen LogP contribution in [0.15, 0.2) is 182 Å². The van der Waals surface area contributed by atoms with Gasteiger partial charge in [-0.2, -0.15) is 0 Å². The zero-order chi connectivity index (χ0) is 58.1. The number of nitrogens with zero attached hydrogens (tertiary/aromatic N) is 6. The number of carbonyl (C=O) groups is 5. The maximum atomic E-state index is 14.4. The average molecular weight is 1150 g/mol. The van der Waals surface area contributed by atoms with Crippen molar-refractivity contribution >= 4 is 37.9 Å². The van der Waals surface area contributed by atoms with Gasteiger partial charge in [0.2, 0.25) is 11.8 Å². The monoisotopic (exact) mass is 1150 g/mol. The molecule has 0 bridgehead atoms. The summed E-state index contributed by atoms with van der Waals surface area (Å²) in [4.78, 5) is 75.7. The quantitative estimate of drug-likeness (QED) is 0.0689. The minimum atomic E-state index is -0.847. The van der Waals surface area contributed by atoms with Crippen LogP contribution in [0.4, 0.5) is 0 Å². The van der Waals surface area contributed by atoms with Gasteiger partial charge in [0.05, 0.1) is 32.6 Å². The van der Waals surface area contributed by atoms with E-state index in [4.69, 9.17) is 21.3 Å². The number of ether oxygens (including phenoxy) is 2. The fourth-order valence-corrected chi connectivity index (χ4v) is 14.0. The minimum Gasteiger partial charge on any atom is -0.512 e. The number of fused-ring (bicyclic) bond motifs is 2. The van der Waals surface area contributed by atoms with Crippen molar-refractivity contribution in [2.24, 2.45) is 17.8 Å². The van der Waals surface area contributed by atoms with Crippen LogP contribution in [0.1, 0.15) is 96.6 Å². The van der Waals surface area contributed by atoms with Crippen molar-refractivity contribution in [2.45, 2.75) is 100 Å². The first-order valence-corrected chi connectivity index (χ1v) is 29.6. The van der Waals surface area contributed by atoms with Crippen LogP contribution < -0.4 is 29.6 Å². The SMILES string of the molecule is COC(=O)[C@@H]1CC(=O)CN1C(=O)C(c1ccccc1)c1ccccc1.COC(=O)[C@@H]1C[C@H](N2CCC[C@@H]3CN(Cc4ccccc4)C[C@@H]32)CN1C(=O)C(c1ccccc1)c1ccccc1.[B].[C-]#N.[Na+].c1ccc(CN2C[C@H]3CCCC[C@H]3C2)cc1. The van der Waals surface area contributed by atoms with E-state index in [1.807, 2.05) is 126 Å². The Labute approximate surface area is 527 Å². The minimum absolute atomic E-state index is 0. The van der Waals surface area contributed by atoms with Gasteiger partial charge in [0.25, 0.3) is 0 Å². The van der Waals surface area contributed by atoms with E-state index in [0.717, 1.165) is 73.2 Å². The molecule has 5 heterocycles. The molecular formula is C70H79BN6NaO7. The normalized spacial score (nSPS) is 22.6. The Hall–Kier alpha value is -6.70. The first-order chi connectivity index (χ1) is 40.6. The Kier molecular flexibility index (Phi) is 25.3. The van der Waals surface area contributed by atoms with Crippen LogP contribution in [0.2, 0.25) is 0 Å². The van der Waals surface area contributed by atoms with Crippen molar-refractivity contribution in [1.29, 1.82) is 5.26 Å². The van der Waals surface area contributed by atoms with E-state index < -0.39 is 29.9 Å². The maximum Gasteiger partial charge on any atom is 1.00 e. The number of methoxy groups -OCH3 is 2. The third kappa shape index (κ3) is 16.6. The van der Waals surface area contributed by atoms with Crippen molar-refractivity contribution in [3.8, 4) is 0 Å². The molecule has 15 heteroatoms. The van der Waals surface area contributed by atoms with Gasteiger partial charge >= 0.3 is 41.5 Å². The Bertz CT molecular complexity index is 2970. The van der Waals surface area contributed by atoms with Crippen LogP contribution in [0.5, 0.6) is 0 Å². The number of likely N-dealkylation sites (tertiary alicyclic amines) is 5. The zero-order valence-electron chi connectivity index (χ0n) is 49.7. The Balaban J connectivity index is 0.000000196. The van der Waals surface area contributed by atoms with Crippen molar-refractivity contribution in [3.05, 3.63) is 222 Å². The average Bonchev–Trinajstić information content (AvgIpc) is 4.44. The van der Waals surface area contributed by atoms with E-state index in [2.05, 4.69) is 75.4 Å². The smallest absolute Gasteiger partial charge is 0.512 e. The van der Waals surface area contributed by atoms with Crippen molar-refractivity contribution < 1.29 is 63.0 Å². The van der Waals surface area contributed by atoms with Gasteiger partial charge in [0.1, 0.15) is 12.1 Å². The number of hydrogen-bond donors (Lipinski definition) is 0. The molecule has 0 spiro atoms. The van der Waals surface area contributed by atoms with Gasteiger partial charge in [-0.05, 0) is 89.8 Å². The predicted octanol–water partition coefficient (Wildman–Crippen LogP) is 6.75. The number of Topliss-reactive ketones (excluding diaryl/α,β-unsaturated/α-hetero) is 1. The molecule has 1 aliphatic carbocycles. The van der Waals surface area contributed by atoms with E-state index in [9.17, 15) is 24.0 Å². The number of piperidine rings is 1. The van der Waals surface area contributed by atoms with Crippen LogP contribution in [0.3, 0.4) is 0 Å². The van der Waals surface area contributed by atoms with E-state index in [1.165, 1.54) is 75.4 Å². The third-order valence-electron chi connectivity index (χ3n) is 17.9.